The van der Waals surface area contributed by atoms with Gasteiger partial charge >= 0.3 is 5.97 Å². The van der Waals surface area contributed by atoms with Crippen LogP contribution in [0.25, 0.3) is 22.3 Å². The summed E-state index contributed by atoms with van der Waals surface area (Å²) in [7, 11) is 2.60. The number of methoxy groups -OCH3 is 1. The average Bonchev–Trinajstić information content (AvgIpc) is 2.81. The number of nitrogens with zero attached hydrogens (tertiary/aromatic N) is 2. The fourth-order valence-electron chi connectivity index (χ4n) is 2.25. The third-order valence-corrected chi connectivity index (χ3v) is 3.56. The van der Waals surface area contributed by atoms with E-state index in [0.29, 0.717) is 16.1 Å². The molecule has 0 amide bonds. The number of ether oxygens (including phenoxy) is 1. The Morgan fingerprint density at radius 3 is 2.78 bits per heavy atom. The average molecular weight is 335 g/mol. The first kappa shape index (κ1) is 15.0. The number of rotatable bonds is 2. The van der Waals surface area contributed by atoms with E-state index in [1.165, 1.54) is 14.2 Å². The SMILES string of the molecule is COC(=O)c1[nH]n(C)c(=O)c1-c1nc2ccc(Cl)cc2[nH]c1=O. The number of hydrogen-bond donors (Lipinski definition) is 2. The molecule has 9 heteroatoms. The van der Waals surface area contributed by atoms with Gasteiger partial charge in [-0.1, -0.05) is 11.6 Å². The van der Waals surface area contributed by atoms with Crippen molar-refractivity contribution < 1.29 is 9.53 Å². The molecule has 118 valence electrons. The van der Waals surface area contributed by atoms with E-state index in [0.717, 1.165) is 4.68 Å². The summed E-state index contributed by atoms with van der Waals surface area (Å²) in [6.07, 6.45) is 0. The van der Waals surface area contributed by atoms with Crippen LogP contribution in [0.3, 0.4) is 0 Å². The smallest absolute Gasteiger partial charge is 0.356 e. The zero-order valence-corrected chi connectivity index (χ0v) is 12.9. The second-order valence-corrected chi connectivity index (χ2v) is 5.23. The molecule has 3 rings (SSSR count). The Bertz CT molecular complexity index is 1050. The van der Waals surface area contributed by atoms with E-state index < -0.39 is 17.1 Å². The summed E-state index contributed by atoms with van der Waals surface area (Å²) in [6, 6.07) is 4.76. The molecule has 2 N–H and O–H groups in total. The molecule has 0 spiro atoms. The first-order valence-electron chi connectivity index (χ1n) is 6.49. The molecular weight excluding hydrogens is 324 g/mol. The summed E-state index contributed by atoms with van der Waals surface area (Å²) in [4.78, 5) is 43.2. The number of fused-ring (bicyclic) bond motifs is 1. The lowest BCUT2D eigenvalue weighted by Gasteiger charge is -2.02. The molecule has 3 aromatic rings. The van der Waals surface area contributed by atoms with Crippen LogP contribution in [-0.4, -0.2) is 32.8 Å². The van der Waals surface area contributed by atoms with Gasteiger partial charge in [-0.3, -0.25) is 19.4 Å². The molecule has 0 aliphatic carbocycles. The lowest BCUT2D eigenvalue weighted by molar-refractivity contribution is 0.0594. The van der Waals surface area contributed by atoms with Crippen molar-refractivity contribution in [2.75, 3.05) is 7.11 Å². The van der Waals surface area contributed by atoms with Crippen LogP contribution in [0, 0.1) is 0 Å². The highest BCUT2D eigenvalue weighted by molar-refractivity contribution is 6.31. The second kappa shape index (κ2) is 5.40. The van der Waals surface area contributed by atoms with Gasteiger partial charge in [-0.25, -0.2) is 9.78 Å². The monoisotopic (exact) mass is 334 g/mol. The third-order valence-electron chi connectivity index (χ3n) is 3.33. The molecule has 0 atom stereocenters. The Kier molecular flexibility index (Phi) is 3.53. The Morgan fingerprint density at radius 1 is 1.35 bits per heavy atom. The van der Waals surface area contributed by atoms with Gasteiger partial charge in [0.2, 0.25) is 0 Å². The van der Waals surface area contributed by atoms with Crippen LogP contribution >= 0.6 is 11.6 Å². The predicted molar refractivity (Wildman–Crippen MR) is 83.7 cm³/mol. The highest BCUT2D eigenvalue weighted by atomic mass is 35.5. The molecule has 2 aromatic heterocycles. The predicted octanol–water partition coefficient (Wildman–Crippen LogP) is 1.06. The normalized spacial score (nSPS) is 10.9. The summed E-state index contributed by atoms with van der Waals surface area (Å²) < 4.78 is 5.71. The van der Waals surface area contributed by atoms with Crippen molar-refractivity contribution in [3.8, 4) is 11.3 Å². The van der Waals surface area contributed by atoms with Crippen LogP contribution in [0.2, 0.25) is 5.02 Å². The van der Waals surface area contributed by atoms with Crippen LogP contribution in [0.1, 0.15) is 10.5 Å². The quantitative estimate of drug-likeness (QED) is 0.681. The number of halogens is 1. The fourth-order valence-corrected chi connectivity index (χ4v) is 2.42. The number of aryl methyl sites for hydroxylation is 1. The number of carbonyl (C=O) groups excluding carboxylic acids is 1. The summed E-state index contributed by atoms with van der Waals surface area (Å²) in [5, 5.41) is 3.00. The Labute approximate surface area is 133 Å². The highest BCUT2D eigenvalue weighted by Gasteiger charge is 2.24. The van der Waals surface area contributed by atoms with Gasteiger partial charge in [0, 0.05) is 12.1 Å². The van der Waals surface area contributed by atoms with E-state index >= 15 is 0 Å². The van der Waals surface area contributed by atoms with Crippen molar-refractivity contribution >= 4 is 28.6 Å². The van der Waals surface area contributed by atoms with E-state index in [1.54, 1.807) is 18.2 Å². The summed E-state index contributed by atoms with van der Waals surface area (Å²) >= 11 is 5.87. The largest absolute Gasteiger partial charge is 0.464 e. The molecule has 0 saturated carbocycles. The molecule has 23 heavy (non-hydrogen) atoms. The van der Waals surface area contributed by atoms with Gasteiger partial charge in [-0.05, 0) is 18.2 Å². The number of aromatic amines is 2. The first-order chi connectivity index (χ1) is 10.9. The van der Waals surface area contributed by atoms with Crippen LogP contribution < -0.4 is 11.1 Å². The van der Waals surface area contributed by atoms with Gasteiger partial charge in [0.15, 0.2) is 5.69 Å². The van der Waals surface area contributed by atoms with Crippen molar-refractivity contribution in [2.24, 2.45) is 7.05 Å². The lowest BCUT2D eigenvalue weighted by atomic mass is 10.1. The van der Waals surface area contributed by atoms with Gasteiger partial charge < -0.3 is 9.72 Å². The Hall–Kier alpha value is -2.87. The van der Waals surface area contributed by atoms with Crippen LogP contribution in [0.4, 0.5) is 0 Å². The van der Waals surface area contributed by atoms with Crippen molar-refractivity contribution in [3.05, 3.63) is 49.6 Å². The molecule has 0 fully saturated rings. The second-order valence-electron chi connectivity index (χ2n) is 4.79. The number of benzene rings is 1. The van der Waals surface area contributed by atoms with Gasteiger partial charge in [0.05, 0.1) is 18.1 Å². The highest BCUT2D eigenvalue weighted by Crippen LogP contribution is 2.19. The molecule has 0 bridgehead atoms. The minimum absolute atomic E-state index is 0.133. The van der Waals surface area contributed by atoms with Crippen LogP contribution in [0.5, 0.6) is 0 Å². The van der Waals surface area contributed by atoms with E-state index in [-0.39, 0.29) is 17.0 Å². The Morgan fingerprint density at radius 2 is 2.09 bits per heavy atom. The molecule has 0 unspecified atom stereocenters. The van der Waals surface area contributed by atoms with Crippen LogP contribution in [0.15, 0.2) is 27.8 Å². The lowest BCUT2D eigenvalue weighted by Crippen LogP contribution is -2.19. The van der Waals surface area contributed by atoms with E-state index in [9.17, 15) is 14.4 Å². The fraction of sp³-hybridized carbons (Fsp3) is 0.143. The first-order valence-corrected chi connectivity index (χ1v) is 6.87. The van der Waals surface area contributed by atoms with E-state index in [1.807, 2.05) is 0 Å². The van der Waals surface area contributed by atoms with Gasteiger partial charge in [0.25, 0.3) is 11.1 Å². The molecule has 0 saturated heterocycles. The number of H-pyrrole nitrogens is 2. The maximum absolute atomic E-state index is 12.3. The number of esters is 1. The number of hydrogen-bond acceptors (Lipinski definition) is 5. The minimum atomic E-state index is -0.768. The summed E-state index contributed by atoms with van der Waals surface area (Å²) in [6.45, 7) is 0. The summed E-state index contributed by atoms with van der Waals surface area (Å²) in [5.41, 5.74) is -0.745. The van der Waals surface area contributed by atoms with Gasteiger partial charge in [-0.15, -0.1) is 0 Å². The maximum Gasteiger partial charge on any atom is 0.356 e. The topological polar surface area (TPSA) is 110 Å². The molecule has 8 nitrogen and oxygen atoms in total. The molecular formula is C14H11ClN4O4. The van der Waals surface area contributed by atoms with Crippen molar-refractivity contribution in [2.45, 2.75) is 0 Å². The minimum Gasteiger partial charge on any atom is -0.464 e. The molecule has 0 aliphatic heterocycles. The van der Waals surface area contributed by atoms with Gasteiger partial charge in [0.1, 0.15) is 11.3 Å². The van der Waals surface area contributed by atoms with Crippen LogP contribution in [-0.2, 0) is 11.8 Å². The number of nitrogens with one attached hydrogen (secondary N) is 2. The van der Waals surface area contributed by atoms with Crippen molar-refractivity contribution in [1.29, 1.82) is 0 Å². The van der Waals surface area contributed by atoms with E-state index in [4.69, 9.17) is 11.6 Å². The third kappa shape index (κ3) is 2.42. The van der Waals surface area contributed by atoms with Gasteiger partial charge in [-0.2, -0.15) is 0 Å². The standard InChI is InChI=1S/C14H11ClN4O4/c1-19-13(21)9(11(18-19)14(22)23-2)10-12(20)17-8-5-6(15)3-4-7(8)16-10/h3-5,18H,1-2H3,(H,17,20). The zero-order chi connectivity index (χ0) is 16.7. The molecule has 2 heterocycles. The van der Waals surface area contributed by atoms with Crippen molar-refractivity contribution in [1.82, 2.24) is 19.7 Å². The molecule has 0 radical (unpaired) electrons. The Balaban J connectivity index is 2.35. The van der Waals surface area contributed by atoms with E-state index in [2.05, 4.69) is 19.8 Å². The number of aromatic nitrogens is 4. The zero-order valence-electron chi connectivity index (χ0n) is 12.1. The summed E-state index contributed by atoms with van der Waals surface area (Å²) in [5.74, 6) is -0.768. The molecule has 0 aliphatic rings. The number of carbonyl (C=O) groups is 1. The van der Waals surface area contributed by atoms with Crippen molar-refractivity contribution in [3.63, 3.8) is 0 Å². The maximum atomic E-state index is 12.3. The molecule has 1 aromatic carbocycles.